The highest BCUT2D eigenvalue weighted by Crippen LogP contribution is 2.47. The van der Waals surface area contributed by atoms with Gasteiger partial charge in [0.15, 0.2) is 0 Å². The maximum Gasteiger partial charge on any atom is 0.126 e. The van der Waals surface area contributed by atoms with Crippen LogP contribution in [-0.4, -0.2) is 17.3 Å². The van der Waals surface area contributed by atoms with Gasteiger partial charge in [0.2, 0.25) is 0 Å². The molecule has 1 aliphatic carbocycles. The Bertz CT molecular complexity index is 411. The minimum atomic E-state index is -0.944. The predicted octanol–water partition coefficient (Wildman–Crippen LogP) is 2.64. The topological polar surface area (TPSA) is 46.2 Å². The fourth-order valence-electron chi connectivity index (χ4n) is 3.21. The molecule has 1 aromatic carbocycles. The van der Waals surface area contributed by atoms with Crippen molar-refractivity contribution < 1.29 is 9.50 Å². The van der Waals surface area contributed by atoms with Crippen molar-refractivity contribution in [3.8, 4) is 0 Å². The number of aliphatic hydroxyl groups is 1. The van der Waals surface area contributed by atoms with E-state index in [1.807, 2.05) is 0 Å². The Morgan fingerprint density at radius 2 is 1.94 bits per heavy atom. The summed E-state index contributed by atoms with van der Waals surface area (Å²) >= 11 is 0. The molecule has 1 fully saturated rings. The minimum absolute atomic E-state index is 0.247. The summed E-state index contributed by atoms with van der Waals surface area (Å²) in [6, 6.07) is 6.65. The molecule has 0 aliphatic heterocycles. The Labute approximate surface area is 108 Å². The fourth-order valence-corrected chi connectivity index (χ4v) is 3.21. The molecule has 1 aliphatic rings. The monoisotopic (exact) mass is 251 g/mol. The van der Waals surface area contributed by atoms with Gasteiger partial charge in [-0.1, -0.05) is 31.0 Å². The van der Waals surface area contributed by atoms with E-state index in [2.05, 4.69) is 0 Å². The van der Waals surface area contributed by atoms with Crippen molar-refractivity contribution in [3.05, 3.63) is 35.6 Å². The largest absolute Gasteiger partial charge is 0.389 e. The van der Waals surface area contributed by atoms with Gasteiger partial charge in [0, 0.05) is 18.4 Å². The van der Waals surface area contributed by atoms with Crippen molar-refractivity contribution in [1.29, 1.82) is 0 Å². The van der Waals surface area contributed by atoms with Gasteiger partial charge in [-0.2, -0.15) is 0 Å². The smallest absolute Gasteiger partial charge is 0.126 e. The highest BCUT2D eigenvalue weighted by atomic mass is 19.1. The second-order valence-corrected chi connectivity index (χ2v) is 5.73. The Balaban J connectivity index is 2.23. The summed E-state index contributed by atoms with van der Waals surface area (Å²) in [5.41, 5.74) is 5.27. The summed E-state index contributed by atoms with van der Waals surface area (Å²) in [7, 11) is 0. The molecule has 1 saturated carbocycles. The number of halogens is 1. The molecular formula is C15H22FNO. The number of hydrogen-bond donors (Lipinski definition) is 2. The maximum atomic E-state index is 13.7. The molecular weight excluding hydrogens is 229 g/mol. The Hall–Kier alpha value is -0.930. The van der Waals surface area contributed by atoms with Crippen LogP contribution in [0.1, 0.15) is 38.2 Å². The standard InChI is InChI=1S/C15H22FNO/c1-14(18,15(11-17)8-4-5-9-15)10-12-6-2-3-7-13(12)16/h2-3,6-7,18H,4-5,8-11,17H2,1H3. The highest BCUT2D eigenvalue weighted by Gasteiger charge is 2.47. The number of nitrogens with two attached hydrogens (primary N) is 1. The van der Waals surface area contributed by atoms with Crippen LogP contribution in [0.25, 0.3) is 0 Å². The van der Waals surface area contributed by atoms with Crippen LogP contribution in [0, 0.1) is 11.2 Å². The molecule has 1 atom stereocenters. The average molecular weight is 251 g/mol. The lowest BCUT2D eigenvalue weighted by Crippen LogP contribution is -2.50. The van der Waals surface area contributed by atoms with Gasteiger partial charge >= 0.3 is 0 Å². The van der Waals surface area contributed by atoms with E-state index in [1.54, 1.807) is 25.1 Å². The van der Waals surface area contributed by atoms with Crippen LogP contribution in [0.3, 0.4) is 0 Å². The second kappa shape index (κ2) is 4.98. The molecule has 0 saturated heterocycles. The van der Waals surface area contributed by atoms with Gasteiger partial charge in [0.1, 0.15) is 5.82 Å². The van der Waals surface area contributed by atoms with E-state index in [1.165, 1.54) is 6.07 Å². The fraction of sp³-hybridized carbons (Fsp3) is 0.600. The molecule has 0 bridgehead atoms. The number of rotatable bonds is 4. The van der Waals surface area contributed by atoms with Crippen LogP contribution in [0.2, 0.25) is 0 Å². The van der Waals surface area contributed by atoms with Gasteiger partial charge in [-0.15, -0.1) is 0 Å². The average Bonchev–Trinajstić information content (AvgIpc) is 2.82. The third kappa shape index (κ3) is 2.29. The van der Waals surface area contributed by atoms with Crippen LogP contribution >= 0.6 is 0 Å². The zero-order chi connectivity index (χ0) is 13.2. The summed E-state index contributed by atoms with van der Waals surface area (Å²) in [5, 5.41) is 10.8. The summed E-state index contributed by atoms with van der Waals surface area (Å²) in [6.07, 6.45) is 4.40. The van der Waals surface area contributed by atoms with Gasteiger partial charge in [0.25, 0.3) is 0 Å². The quantitative estimate of drug-likeness (QED) is 0.864. The molecule has 0 radical (unpaired) electrons. The van der Waals surface area contributed by atoms with E-state index in [0.29, 0.717) is 18.5 Å². The summed E-state index contributed by atoms with van der Waals surface area (Å²) in [5.74, 6) is -0.247. The highest BCUT2D eigenvalue weighted by molar-refractivity contribution is 5.21. The summed E-state index contributed by atoms with van der Waals surface area (Å²) in [6.45, 7) is 2.27. The molecule has 3 heteroatoms. The molecule has 0 spiro atoms. The Morgan fingerprint density at radius 1 is 1.33 bits per heavy atom. The summed E-state index contributed by atoms with van der Waals surface area (Å²) in [4.78, 5) is 0. The third-order valence-electron chi connectivity index (χ3n) is 4.59. The predicted molar refractivity (Wildman–Crippen MR) is 70.7 cm³/mol. The van der Waals surface area contributed by atoms with Gasteiger partial charge in [-0.05, 0) is 31.4 Å². The van der Waals surface area contributed by atoms with E-state index in [-0.39, 0.29) is 11.2 Å². The molecule has 2 nitrogen and oxygen atoms in total. The lowest BCUT2D eigenvalue weighted by molar-refractivity contribution is -0.0630. The first-order valence-electron chi connectivity index (χ1n) is 6.67. The van der Waals surface area contributed by atoms with Crippen molar-refractivity contribution >= 4 is 0 Å². The van der Waals surface area contributed by atoms with Crippen LogP contribution in [-0.2, 0) is 6.42 Å². The molecule has 3 N–H and O–H groups in total. The zero-order valence-corrected chi connectivity index (χ0v) is 11.0. The molecule has 0 amide bonds. The van der Waals surface area contributed by atoms with E-state index in [4.69, 9.17) is 5.73 Å². The van der Waals surface area contributed by atoms with Gasteiger partial charge in [-0.25, -0.2) is 4.39 Å². The zero-order valence-electron chi connectivity index (χ0n) is 11.0. The van der Waals surface area contributed by atoms with Gasteiger partial charge in [0.05, 0.1) is 5.60 Å². The first-order chi connectivity index (χ1) is 8.51. The van der Waals surface area contributed by atoms with Crippen LogP contribution < -0.4 is 5.73 Å². The Kier molecular flexibility index (Phi) is 3.74. The van der Waals surface area contributed by atoms with Crippen LogP contribution in [0.15, 0.2) is 24.3 Å². The van der Waals surface area contributed by atoms with E-state index < -0.39 is 5.60 Å². The lowest BCUT2D eigenvalue weighted by Gasteiger charge is -2.42. The van der Waals surface area contributed by atoms with Crippen molar-refractivity contribution in [2.24, 2.45) is 11.1 Å². The maximum absolute atomic E-state index is 13.7. The van der Waals surface area contributed by atoms with Gasteiger partial charge < -0.3 is 10.8 Å². The second-order valence-electron chi connectivity index (χ2n) is 5.73. The minimum Gasteiger partial charge on any atom is -0.389 e. The molecule has 1 unspecified atom stereocenters. The third-order valence-corrected chi connectivity index (χ3v) is 4.59. The van der Waals surface area contributed by atoms with E-state index >= 15 is 0 Å². The van der Waals surface area contributed by atoms with Crippen LogP contribution in [0.4, 0.5) is 4.39 Å². The van der Waals surface area contributed by atoms with Crippen molar-refractivity contribution in [1.82, 2.24) is 0 Å². The molecule has 0 heterocycles. The first-order valence-corrected chi connectivity index (χ1v) is 6.67. The molecule has 2 rings (SSSR count). The molecule has 100 valence electrons. The number of hydrogen-bond acceptors (Lipinski definition) is 2. The SMILES string of the molecule is CC(O)(Cc1ccccc1F)C1(CN)CCCC1. The molecule has 1 aromatic rings. The molecule has 0 aromatic heterocycles. The van der Waals surface area contributed by atoms with Crippen molar-refractivity contribution in [2.45, 2.75) is 44.6 Å². The Morgan fingerprint density at radius 3 is 2.50 bits per heavy atom. The van der Waals surface area contributed by atoms with Crippen LogP contribution in [0.5, 0.6) is 0 Å². The normalized spacial score (nSPS) is 21.8. The summed E-state index contributed by atoms with van der Waals surface area (Å²) < 4.78 is 13.7. The van der Waals surface area contributed by atoms with E-state index in [9.17, 15) is 9.50 Å². The lowest BCUT2D eigenvalue weighted by atomic mass is 9.68. The van der Waals surface area contributed by atoms with E-state index in [0.717, 1.165) is 25.7 Å². The van der Waals surface area contributed by atoms with Crippen molar-refractivity contribution in [3.63, 3.8) is 0 Å². The van der Waals surface area contributed by atoms with Gasteiger partial charge in [-0.3, -0.25) is 0 Å². The molecule has 18 heavy (non-hydrogen) atoms. The number of benzene rings is 1. The first kappa shape index (κ1) is 13.5. The van der Waals surface area contributed by atoms with Crippen molar-refractivity contribution in [2.75, 3.05) is 6.54 Å².